The maximum absolute atomic E-state index is 11.0. The van der Waals surface area contributed by atoms with Gasteiger partial charge in [0, 0.05) is 24.3 Å². The number of hydrogen-bond acceptors (Lipinski definition) is 5. The third-order valence-electron chi connectivity index (χ3n) is 4.70. The molecule has 3 heterocycles. The molecule has 6 nitrogen and oxygen atoms in total. The normalized spacial score (nSPS) is 29.9. The molecule has 1 N–H and O–H groups in total. The van der Waals surface area contributed by atoms with Crippen LogP contribution in [0.4, 0.5) is 11.4 Å². The molecule has 1 aromatic heterocycles. The molecule has 0 saturated carbocycles. The monoisotopic (exact) mass is 276 g/mol. The van der Waals surface area contributed by atoms with Crippen LogP contribution < -0.4 is 5.32 Å². The number of piperidine rings is 2. The van der Waals surface area contributed by atoms with Gasteiger partial charge in [-0.15, -0.1) is 0 Å². The Balaban J connectivity index is 1.74. The van der Waals surface area contributed by atoms with Crippen molar-refractivity contribution in [2.75, 3.05) is 12.4 Å². The average Bonchev–Trinajstić information content (AvgIpc) is 2.40. The number of anilines is 1. The maximum Gasteiger partial charge on any atom is 0.310 e. The predicted octanol–water partition coefficient (Wildman–Crippen LogP) is 2.42. The van der Waals surface area contributed by atoms with Crippen LogP contribution >= 0.6 is 0 Å². The van der Waals surface area contributed by atoms with Gasteiger partial charge in [0.15, 0.2) is 0 Å². The van der Waals surface area contributed by atoms with Crippen molar-refractivity contribution < 1.29 is 4.92 Å². The second-order valence-electron chi connectivity index (χ2n) is 5.87. The summed E-state index contributed by atoms with van der Waals surface area (Å²) in [6, 6.07) is 3.25. The smallest absolute Gasteiger partial charge is 0.310 e. The van der Waals surface area contributed by atoms with Gasteiger partial charge >= 0.3 is 5.69 Å². The van der Waals surface area contributed by atoms with Crippen molar-refractivity contribution in [3.63, 3.8) is 0 Å². The van der Waals surface area contributed by atoms with Crippen LogP contribution in [0, 0.1) is 10.1 Å². The molecule has 1 aromatic rings. The first-order valence-electron chi connectivity index (χ1n) is 7.22. The molecule has 3 rings (SSSR count). The molecule has 108 valence electrons. The Morgan fingerprint density at radius 3 is 2.75 bits per heavy atom. The number of aromatic nitrogens is 1. The van der Waals surface area contributed by atoms with E-state index in [4.69, 9.17) is 0 Å². The second-order valence-corrected chi connectivity index (χ2v) is 5.87. The fourth-order valence-electron chi connectivity index (χ4n) is 3.61. The summed E-state index contributed by atoms with van der Waals surface area (Å²) in [7, 11) is 2.21. The van der Waals surface area contributed by atoms with E-state index in [0.717, 1.165) is 12.8 Å². The topological polar surface area (TPSA) is 71.3 Å². The maximum atomic E-state index is 11.0. The molecule has 2 aliphatic rings. The van der Waals surface area contributed by atoms with Crippen LogP contribution in [0.3, 0.4) is 0 Å². The third-order valence-corrected chi connectivity index (χ3v) is 4.70. The fraction of sp³-hybridized carbons (Fsp3) is 0.643. The number of nitrogens with one attached hydrogen (secondary N) is 1. The van der Waals surface area contributed by atoms with Gasteiger partial charge in [-0.3, -0.25) is 15.1 Å². The van der Waals surface area contributed by atoms with Crippen molar-refractivity contribution in [3.8, 4) is 0 Å². The lowest BCUT2D eigenvalue weighted by atomic mass is 9.82. The molecule has 0 amide bonds. The van der Waals surface area contributed by atoms with E-state index in [2.05, 4.69) is 22.2 Å². The van der Waals surface area contributed by atoms with Crippen LogP contribution in [0.1, 0.15) is 32.1 Å². The molecule has 0 aliphatic carbocycles. The Labute approximate surface area is 118 Å². The van der Waals surface area contributed by atoms with Crippen molar-refractivity contribution in [1.29, 1.82) is 0 Å². The van der Waals surface area contributed by atoms with Gasteiger partial charge in [-0.05, 0) is 38.8 Å². The Hall–Kier alpha value is -1.69. The molecule has 2 fully saturated rings. The largest absolute Gasteiger partial charge is 0.377 e. The molecule has 0 spiro atoms. The van der Waals surface area contributed by atoms with E-state index in [9.17, 15) is 10.1 Å². The van der Waals surface area contributed by atoms with Crippen LogP contribution in [-0.2, 0) is 0 Å². The standard InChI is InChI=1S/C14H20N4O2/c1-17-11-3-2-4-12(17)8-10(7-11)16-13-5-6-15-9-14(13)18(19)20/h5-6,9-12H,2-4,7-8H2,1H3,(H,15,16). The molecule has 2 unspecified atom stereocenters. The Morgan fingerprint density at radius 2 is 2.10 bits per heavy atom. The van der Waals surface area contributed by atoms with E-state index in [1.54, 1.807) is 12.3 Å². The van der Waals surface area contributed by atoms with Crippen LogP contribution in [0.15, 0.2) is 18.5 Å². The molecule has 0 aromatic carbocycles. The molecule has 6 heteroatoms. The predicted molar refractivity (Wildman–Crippen MR) is 76.7 cm³/mol. The number of fused-ring (bicyclic) bond motifs is 2. The van der Waals surface area contributed by atoms with Crippen LogP contribution in [0.2, 0.25) is 0 Å². The Bertz CT molecular complexity index is 494. The van der Waals surface area contributed by atoms with Crippen LogP contribution in [-0.4, -0.2) is 40.0 Å². The number of hydrogen-bond donors (Lipinski definition) is 1. The third kappa shape index (κ3) is 2.47. The zero-order chi connectivity index (χ0) is 14.1. The molecular weight excluding hydrogens is 256 g/mol. The fourth-order valence-corrected chi connectivity index (χ4v) is 3.61. The molecule has 2 saturated heterocycles. The zero-order valence-corrected chi connectivity index (χ0v) is 11.7. The highest BCUT2D eigenvalue weighted by Crippen LogP contribution is 2.35. The lowest BCUT2D eigenvalue weighted by molar-refractivity contribution is -0.384. The lowest BCUT2D eigenvalue weighted by Gasteiger charge is -2.47. The molecular formula is C14H20N4O2. The quantitative estimate of drug-likeness (QED) is 0.678. The highest BCUT2D eigenvalue weighted by molar-refractivity contribution is 5.60. The minimum absolute atomic E-state index is 0.0663. The summed E-state index contributed by atoms with van der Waals surface area (Å²) in [5.41, 5.74) is 0.661. The highest BCUT2D eigenvalue weighted by Gasteiger charge is 2.36. The Morgan fingerprint density at radius 1 is 1.40 bits per heavy atom. The molecule has 20 heavy (non-hydrogen) atoms. The van der Waals surface area contributed by atoms with E-state index in [1.165, 1.54) is 25.5 Å². The van der Waals surface area contributed by atoms with E-state index in [1.807, 2.05) is 0 Å². The van der Waals surface area contributed by atoms with E-state index in [0.29, 0.717) is 23.8 Å². The number of rotatable bonds is 3. The molecule has 2 aliphatic heterocycles. The summed E-state index contributed by atoms with van der Waals surface area (Å²) in [6.07, 6.45) is 8.83. The number of nitro groups is 1. The first-order valence-corrected chi connectivity index (χ1v) is 7.22. The lowest BCUT2D eigenvalue weighted by Crippen LogP contribution is -2.52. The van der Waals surface area contributed by atoms with E-state index < -0.39 is 0 Å². The van der Waals surface area contributed by atoms with Gasteiger partial charge in [0.05, 0.1) is 4.92 Å². The first-order chi connectivity index (χ1) is 9.65. The van der Waals surface area contributed by atoms with Gasteiger partial charge in [-0.1, -0.05) is 6.42 Å². The van der Waals surface area contributed by atoms with Crippen molar-refractivity contribution in [2.24, 2.45) is 0 Å². The number of pyridine rings is 1. The summed E-state index contributed by atoms with van der Waals surface area (Å²) in [6.45, 7) is 0. The first kappa shape index (κ1) is 13.3. The van der Waals surface area contributed by atoms with E-state index in [-0.39, 0.29) is 10.6 Å². The van der Waals surface area contributed by atoms with Crippen LogP contribution in [0.25, 0.3) is 0 Å². The van der Waals surface area contributed by atoms with Crippen LogP contribution in [0.5, 0.6) is 0 Å². The summed E-state index contributed by atoms with van der Waals surface area (Å²) >= 11 is 0. The SMILES string of the molecule is CN1C2CCCC1CC(Nc1ccncc1[N+](=O)[O-])C2. The minimum atomic E-state index is -0.370. The summed E-state index contributed by atoms with van der Waals surface area (Å²) in [4.78, 5) is 17.0. The van der Waals surface area contributed by atoms with E-state index >= 15 is 0 Å². The van der Waals surface area contributed by atoms with Crippen molar-refractivity contribution in [2.45, 2.75) is 50.2 Å². The zero-order valence-electron chi connectivity index (χ0n) is 11.7. The summed E-state index contributed by atoms with van der Waals surface area (Å²) < 4.78 is 0. The van der Waals surface area contributed by atoms with Crippen molar-refractivity contribution >= 4 is 11.4 Å². The number of nitrogens with zero attached hydrogens (tertiary/aromatic N) is 3. The van der Waals surface area contributed by atoms with Gasteiger partial charge in [-0.2, -0.15) is 0 Å². The molecule has 2 bridgehead atoms. The average molecular weight is 276 g/mol. The van der Waals surface area contributed by atoms with Crippen molar-refractivity contribution in [1.82, 2.24) is 9.88 Å². The van der Waals surface area contributed by atoms with Gasteiger partial charge in [0.25, 0.3) is 0 Å². The van der Waals surface area contributed by atoms with Crippen molar-refractivity contribution in [3.05, 3.63) is 28.6 Å². The summed E-state index contributed by atoms with van der Waals surface area (Å²) in [5.74, 6) is 0. The van der Waals surface area contributed by atoms with Gasteiger partial charge in [0.2, 0.25) is 0 Å². The van der Waals surface area contributed by atoms with Gasteiger partial charge in [-0.25, -0.2) is 0 Å². The summed E-state index contributed by atoms with van der Waals surface area (Å²) in [5, 5.41) is 14.4. The Kier molecular flexibility index (Phi) is 3.56. The molecule has 2 atom stereocenters. The van der Waals surface area contributed by atoms with Gasteiger partial charge < -0.3 is 10.2 Å². The minimum Gasteiger partial charge on any atom is -0.377 e. The van der Waals surface area contributed by atoms with Gasteiger partial charge in [0.1, 0.15) is 11.9 Å². The second kappa shape index (κ2) is 5.36. The highest BCUT2D eigenvalue weighted by atomic mass is 16.6. The molecule has 0 radical (unpaired) electrons.